The van der Waals surface area contributed by atoms with Gasteiger partial charge in [0.25, 0.3) is 11.8 Å². The molecule has 5 aromatic rings. The summed E-state index contributed by atoms with van der Waals surface area (Å²) >= 11 is 0. The van der Waals surface area contributed by atoms with E-state index in [9.17, 15) is 19.2 Å². The minimum atomic E-state index is -0.690. The average molecular weight is 814 g/mol. The largest absolute Gasteiger partial charge is 0.371 e. The highest BCUT2D eigenvalue weighted by atomic mass is 19.1. The number of carbonyl (C=O) groups is 2. The third-order valence-corrected chi connectivity index (χ3v) is 12.6. The third kappa shape index (κ3) is 8.14. The summed E-state index contributed by atoms with van der Waals surface area (Å²) in [5, 5.41) is 18.8. The van der Waals surface area contributed by atoms with E-state index >= 15 is 4.39 Å². The molecule has 0 unspecified atom stereocenters. The lowest BCUT2D eigenvalue weighted by molar-refractivity contribution is 0.0934. The van der Waals surface area contributed by atoms with Crippen LogP contribution in [0.5, 0.6) is 0 Å². The summed E-state index contributed by atoms with van der Waals surface area (Å²) in [6.07, 6.45) is 13.4. The van der Waals surface area contributed by atoms with Crippen LogP contribution in [0.15, 0.2) is 72.6 Å². The van der Waals surface area contributed by atoms with Crippen molar-refractivity contribution in [1.82, 2.24) is 39.9 Å². The van der Waals surface area contributed by atoms with Gasteiger partial charge in [-0.25, -0.2) is 23.5 Å². The van der Waals surface area contributed by atoms with Crippen molar-refractivity contribution in [2.45, 2.75) is 69.9 Å². The van der Waals surface area contributed by atoms with Crippen LogP contribution in [-0.4, -0.2) is 105 Å². The molecule has 3 N–H and O–H groups in total. The second-order valence-electron chi connectivity index (χ2n) is 16.4. The van der Waals surface area contributed by atoms with Gasteiger partial charge in [0.15, 0.2) is 5.65 Å². The van der Waals surface area contributed by atoms with Crippen molar-refractivity contribution in [3.63, 3.8) is 0 Å². The van der Waals surface area contributed by atoms with Crippen LogP contribution in [0.25, 0.3) is 16.6 Å². The first-order chi connectivity index (χ1) is 29.3. The number of nitrogens with zero attached hydrogens (tertiary/aromatic N) is 8. The molecule has 7 heterocycles. The number of carbonyl (C=O) groups excluding carboxylic acids is 4. The van der Waals surface area contributed by atoms with Gasteiger partial charge in [-0.1, -0.05) is 0 Å². The van der Waals surface area contributed by atoms with Crippen molar-refractivity contribution in [2.24, 2.45) is 5.92 Å². The highest BCUT2D eigenvalue weighted by Crippen LogP contribution is 2.35. The lowest BCUT2D eigenvalue weighted by atomic mass is 9.94. The number of nitrogens with one attached hydrogen (secondary N) is 3. The Morgan fingerprint density at radius 3 is 2.45 bits per heavy atom. The van der Waals surface area contributed by atoms with E-state index in [4.69, 9.17) is 5.10 Å². The number of allylic oxidation sites excluding steroid dienone is 1. The van der Waals surface area contributed by atoms with Gasteiger partial charge in [-0.05, 0) is 99.7 Å². The maximum Gasteiger partial charge on any atom is 0.259 e. The van der Waals surface area contributed by atoms with E-state index in [1.165, 1.54) is 24.9 Å². The molecule has 4 aliphatic heterocycles. The first kappa shape index (κ1) is 39.1. The number of rotatable bonds is 9. The molecule has 60 heavy (non-hydrogen) atoms. The summed E-state index contributed by atoms with van der Waals surface area (Å²) in [7, 11) is 0. The second-order valence-corrected chi connectivity index (χ2v) is 16.4. The molecule has 0 bridgehead atoms. The van der Waals surface area contributed by atoms with Gasteiger partial charge in [-0.3, -0.25) is 14.3 Å². The number of amides is 2. The lowest BCUT2D eigenvalue weighted by Gasteiger charge is -2.38. The van der Waals surface area contributed by atoms with Crippen molar-refractivity contribution in [3.05, 3.63) is 89.5 Å². The number of anilines is 3. The van der Waals surface area contributed by atoms with Crippen LogP contribution in [-0.2, 0) is 9.59 Å². The van der Waals surface area contributed by atoms with Gasteiger partial charge >= 0.3 is 0 Å². The fourth-order valence-electron chi connectivity index (χ4n) is 9.27. The van der Waals surface area contributed by atoms with E-state index < -0.39 is 17.8 Å². The number of hydrogen-bond acceptors (Lipinski definition) is 11. The molecule has 0 radical (unpaired) electrons. The summed E-state index contributed by atoms with van der Waals surface area (Å²) in [6, 6.07) is 12.0. The molecule has 0 aliphatic carbocycles. The summed E-state index contributed by atoms with van der Waals surface area (Å²) < 4.78 is 19.0. The van der Waals surface area contributed by atoms with Gasteiger partial charge in [-0.2, -0.15) is 10.2 Å². The number of fused-ring (bicyclic) bond motifs is 2. The summed E-state index contributed by atoms with van der Waals surface area (Å²) in [5.41, 5.74) is 4.58. The number of aromatic nitrogens is 5. The first-order valence-electron chi connectivity index (χ1n) is 21.0. The molecule has 16 heteroatoms. The zero-order chi connectivity index (χ0) is 41.2. The van der Waals surface area contributed by atoms with Crippen LogP contribution in [0.1, 0.15) is 84.5 Å². The summed E-state index contributed by atoms with van der Waals surface area (Å²) in [6.45, 7) is 6.48. The Hall–Kier alpha value is -6.34. The Morgan fingerprint density at radius 1 is 0.867 bits per heavy atom. The van der Waals surface area contributed by atoms with Crippen molar-refractivity contribution in [1.29, 1.82) is 0 Å². The molecule has 310 valence electrons. The maximum absolute atomic E-state index is 15.3. The Bertz CT molecular complexity index is 2520. The topological polar surface area (TPSA) is 162 Å². The molecule has 3 aromatic heterocycles. The highest BCUT2D eigenvalue weighted by molar-refractivity contribution is 6.10. The Labute approximate surface area is 346 Å². The third-order valence-electron chi connectivity index (χ3n) is 12.6. The van der Waals surface area contributed by atoms with E-state index in [1.807, 2.05) is 0 Å². The highest BCUT2D eigenvalue weighted by Gasteiger charge is 2.29. The molecule has 4 saturated heterocycles. The molecule has 0 saturated carbocycles. The van der Waals surface area contributed by atoms with Gasteiger partial charge < -0.3 is 30.7 Å². The molecular formula is C44H48FN11O4. The number of benzene rings is 2. The number of piperidine rings is 4. The standard InChI is InChI=1S/C44H48FN11O4/c45-36-22-33(7-8-34(36)43(59)49-37-9-6-31(26-57)48-40(37)27-58)53-19-10-29(11-20-53)24-52-17-12-32(13-18-52)56-25-30-21-39(41(23-38(30)51-56)54-14-2-1-3-15-54)50-44(60)35-5-4-16-55-42(35)46-28-47-55/h4-5,7-8,16,21-23,25,28-29,32,37,48H,1-3,6,9-15,17-20,24H2,(H,49,59)(H,50,60)/t37-/m0/s1. The van der Waals surface area contributed by atoms with Crippen LogP contribution >= 0.6 is 0 Å². The molecular weight excluding hydrogens is 766 g/mol. The van der Waals surface area contributed by atoms with Crippen LogP contribution in [0.2, 0.25) is 0 Å². The van der Waals surface area contributed by atoms with Crippen LogP contribution < -0.4 is 25.8 Å². The van der Waals surface area contributed by atoms with Gasteiger partial charge in [0.1, 0.15) is 35.4 Å². The smallest absolute Gasteiger partial charge is 0.259 e. The fraction of sp³-hybridized carbons (Fsp3) is 0.432. The number of halogens is 1. The van der Waals surface area contributed by atoms with Crippen molar-refractivity contribution >= 4 is 57.3 Å². The van der Waals surface area contributed by atoms with Gasteiger partial charge in [0, 0.05) is 75.7 Å². The van der Waals surface area contributed by atoms with Crippen LogP contribution in [0, 0.1) is 11.7 Å². The van der Waals surface area contributed by atoms with E-state index in [2.05, 4.69) is 63.7 Å². The molecule has 4 aliphatic rings. The zero-order valence-corrected chi connectivity index (χ0v) is 33.4. The SMILES string of the molecule is O=C=C1CC[C@H](NC(=O)c2ccc(N3CCC(CN4CCC(n5cc6cc(NC(=O)c7cccn8ncnc78)c(N7CCCCC7)cc6n5)CC4)CC3)cc2F)C(=C=O)N1. The van der Waals surface area contributed by atoms with Crippen LogP contribution in [0.4, 0.5) is 21.5 Å². The summed E-state index contributed by atoms with van der Waals surface area (Å²) in [4.78, 5) is 60.3. The molecule has 9 rings (SSSR count). The van der Waals surface area contributed by atoms with Gasteiger partial charge in [-0.15, -0.1) is 0 Å². The first-order valence-corrected chi connectivity index (χ1v) is 21.0. The molecule has 2 aromatic carbocycles. The predicted molar refractivity (Wildman–Crippen MR) is 225 cm³/mol. The van der Waals surface area contributed by atoms with E-state index in [0.29, 0.717) is 30.0 Å². The van der Waals surface area contributed by atoms with Crippen molar-refractivity contribution < 1.29 is 23.6 Å². The van der Waals surface area contributed by atoms with E-state index in [-0.39, 0.29) is 28.9 Å². The maximum atomic E-state index is 15.3. The van der Waals surface area contributed by atoms with E-state index in [0.717, 1.165) is 112 Å². The molecule has 15 nitrogen and oxygen atoms in total. The Morgan fingerprint density at radius 2 is 1.68 bits per heavy atom. The molecule has 1 atom stereocenters. The fourth-order valence-corrected chi connectivity index (χ4v) is 9.27. The molecule has 0 spiro atoms. The number of likely N-dealkylation sites (tertiary alicyclic amines) is 1. The predicted octanol–water partition coefficient (Wildman–Crippen LogP) is 4.93. The average Bonchev–Trinajstić information content (AvgIpc) is 3.94. The quantitative estimate of drug-likeness (QED) is 0.173. The van der Waals surface area contributed by atoms with Crippen molar-refractivity contribution in [2.75, 3.05) is 60.9 Å². The molecule has 4 fully saturated rings. The number of hydrogen-bond donors (Lipinski definition) is 3. The normalized spacial score (nSPS) is 19.6. The Balaban J connectivity index is 0.790. The number of pyridine rings is 1. The minimum absolute atomic E-state index is 0.0314. The summed E-state index contributed by atoms with van der Waals surface area (Å²) in [5.74, 6) is 2.53. The monoisotopic (exact) mass is 813 g/mol. The van der Waals surface area contributed by atoms with E-state index in [1.54, 1.807) is 40.8 Å². The second kappa shape index (κ2) is 17.1. The molecule has 2 amide bonds. The van der Waals surface area contributed by atoms with Gasteiger partial charge in [0.2, 0.25) is 0 Å². The van der Waals surface area contributed by atoms with Gasteiger partial charge in [0.05, 0.1) is 40.1 Å². The van der Waals surface area contributed by atoms with Crippen LogP contribution in [0.3, 0.4) is 0 Å². The lowest BCUT2D eigenvalue weighted by Crippen LogP contribution is -2.44. The van der Waals surface area contributed by atoms with Crippen molar-refractivity contribution in [3.8, 4) is 0 Å². The minimum Gasteiger partial charge on any atom is -0.371 e. The Kier molecular flexibility index (Phi) is 11.2. The zero-order valence-electron chi connectivity index (χ0n) is 33.4.